The topological polar surface area (TPSA) is 77.6 Å². The third-order valence-corrected chi connectivity index (χ3v) is 5.60. The van der Waals surface area contributed by atoms with Crippen LogP contribution < -0.4 is 10.5 Å². The summed E-state index contributed by atoms with van der Waals surface area (Å²) in [6.07, 6.45) is 7.00. The maximum absolute atomic E-state index is 12.4. The smallest absolute Gasteiger partial charge is 0.237 e. The van der Waals surface area contributed by atoms with Crippen LogP contribution in [0.2, 0.25) is 0 Å². The van der Waals surface area contributed by atoms with Crippen molar-refractivity contribution in [3.05, 3.63) is 30.5 Å². The lowest BCUT2D eigenvalue weighted by Crippen LogP contribution is -2.45. The number of fused-ring (bicyclic) bond motifs is 1. The average Bonchev–Trinajstić information content (AvgIpc) is 2.97. The molecule has 138 valence electrons. The fourth-order valence-corrected chi connectivity index (χ4v) is 3.89. The van der Waals surface area contributed by atoms with Crippen molar-refractivity contribution in [2.24, 2.45) is 11.7 Å². The number of hydrogen-bond donors (Lipinski definition) is 1. The van der Waals surface area contributed by atoms with Crippen molar-refractivity contribution in [2.45, 2.75) is 44.8 Å². The monoisotopic (exact) mass is 355 g/mol. The summed E-state index contributed by atoms with van der Waals surface area (Å²) in [5, 5.41) is 0.988. The maximum Gasteiger partial charge on any atom is 0.237 e. The summed E-state index contributed by atoms with van der Waals surface area (Å²) in [7, 11) is 0. The number of nitrogens with zero attached hydrogens (tertiary/aromatic N) is 2. The molecule has 6 nitrogen and oxygen atoms in total. The Morgan fingerprint density at radius 1 is 1.12 bits per heavy atom. The zero-order chi connectivity index (χ0) is 18.1. The van der Waals surface area contributed by atoms with Gasteiger partial charge in [0.1, 0.15) is 18.4 Å². The number of likely N-dealkylation sites (tertiary alicyclic amines) is 1. The molecule has 1 aromatic heterocycles. The van der Waals surface area contributed by atoms with Gasteiger partial charge in [-0.15, -0.1) is 0 Å². The summed E-state index contributed by atoms with van der Waals surface area (Å²) in [5.41, 5.74) is 6.26. The number of aromatic nitrogens is 1. The number of hydrogen-bond acceptors (Lipinski definition) is 3. The van der Waals surface area contributed by atoms with Crippen molar-refractivity contribution in [3.8, 4) is 5.75 Å². The second kappa shape index (κ2) is 7.02. The van der Waals surface area contributed by atoms with Gasteiger partial charge in [-0.25, -0.2) is 0 Å². The van der Waals surface area contributed by atoms with E-state index < -0.39 is 0 Å². The predicted molar refractivity (Wildman–Crippen MR) is 98.7 cm³/mol. The van der Waals surface area contributed by atoms with Crippen molar-refractivity contribution < 1.29 is 14.3 Å². The average molecular weight is 355 g/mol. The van der Waals surface area contributed by atoms with E-state index in [1.54, 1.807) is 0 Å². The summed E-state index contributed by atoms with van der Waals surface area (Å²) in [5.74, 6) is 1.07. The minimum atomic E-state index is -0.364. The van der Waals surface area contributed by atoms with Crippen LogP contribution in [-0.2, 0) is 16.1 Å². The van der Waals surface area contributed by atoms with Crippen LogP contribution in [-0.4, -0.2) is 40.5 Å². The summed E-state index contributed by atoms with van der Waals surface area (Å²) in [6.45, 7) is 1.71. The van der Waals surface area contributed by atoms with Crippen LogP contribution in [0, 0.1) is 5.92 Å². The third-order valence-electron chi connectivity index (χ3n) is 5.60. The van der Waals surface area contributed by atoms with E-state index in [-0.39, 0.29) is 24.5 Å². The Hall–Kier alpha value is -2.50. The maximum atomic E-state index is 12.4. The lowest BCUT2D eigenvalue weighted by molar-refractivity contribution is -0.140. The molecule has 2 fully saturated rings. The highest BCUT2D eigenvalue weighted by molar-refractivity contribution is 5.88. The highest BCUT2D eigenvalue weighted by Gasteiger charge is 2.32. The van der Waals surface area contributed by atoms with E-state index in [1.165, 1.54) is 6.42 Å². The van der Waals surface area contributed by atoms with Crippen molar-refractivity contribution in [1.82, 2.24) is 9.47 Å². The molecule has 6 heteroatoms. The Morgan fingerprint density at radius 2 is 1.88 bits per heavy atom. The van der Waals surface area contributed by atoms with E-state index in [0.717, 1.165) is 55.4 Å². The number of nitrogens with two attached hydrogens (primary N) is 1. The van der Waals surface area contributed by atoms with Gasteiger partial charge in [-0.3, -0.25) is 9.59 Å². The molecule has 0 radical (unpaired) electrons. The Kier molecular flexibility index (Phi) is 4.57. The molecule has 0 atom stereocenters. The second-order valence-corrected chi connectivity index (χ2v) is 7.37. The van der Waals surface area contributed by atoms with E-state index in [2.05, 4.69) is 0 Å². The number of benzene rings is 1. The molecule has 0 bridgehead atoms. The first-order chi connectivity index (χ1) is 12.6. The zero-order valence-electron chi connectivity index (χ0n) is 14.9. The molecular formula is C20H25N3O3. The standard InChI is InChI=1S/C20H25N3O3/c21-19(24)13-23-12-9-16-17(23)5-2-6-18(16)26-15-7-10-22(11-8-15)20(25)14-3-1-4-14/h2,5-6,9,12,14-15H,1,3-4,7-8,10-11,13H2,(H2,21,24). The lowest BCUT2D eigenvalue weighted by Gasteiger charge is -2.36. The molecule has 1 saturated carbocycles. The summed E-state index contributed by atoms with van der Waals surface area (Å²) >= 11 is 0. The molecule has 1 aliphatic heterocycles. The fourth-order valence-electron chi connectivity index (χ4n) is 3.89. The van der Waals surface area contributed by atoms with Gasteiger partial charge in [0.05, 0.1) is 5.52 Å². The second-order valence-electron chi connectivity index (χ2n) is 7.37. The molecule has 2 aliphatic rings. The van der Waals surface area contributed by atoms with E-state index in [0.29, 0.717) is 5.91 Å². The summed E-state index contributed by atoms with van der Waals surface area (Å²) < 4.78 is 8.09. The molecule has 1 aliphatic carbocycles. The van der Waals surface area contributed by atoms with Crippen LogP contribution in [0.25, 0.3) is 10.9 Å². The van der Waals surface area contributed by atoms with Crippen molar-refractivity contribution in [1.29, 1.82) is 0 Å². The van der Waals surface area contributed by atoms with Crippen molar-refractivity contribution >= 4 is 22.7 Å². The normalized spacial score (nSPS) is 18.7. The van der Waals surface area contributed by atoms with Gasteiger partial charge in [0.2, 0.25) is 11.8 Å². The van der Waals surface area contributed by atoms with E-state index in [9.17, 15) is 9.59 Å². The molecular weight excluding hydrogens is 330 g/mol. The van der Waals surface area contributed by atoms with Gasteiger partial charge in [0.15, 0.2) is 0 Å². The summed E-state index contributed by atoms with van der Waals surface area (Å²) in [6, 6.07) is 7.82. The number of piperidine rings is 1. The van der Waals surface area contributed by atoms with Crippen LogP contribution >= 0.6 is 0 Å². The molecule has 26 heavy (non-hydrogen) atoms. The highest BCUT2D eigenvalue weighted by atomic mass is 16.5. The zero-order valence-corrected chi connectivity index (χ0v) is 14.9. The van der Waals surface area contributed by atoms with E-state index >= 15 is 0 Å². The van der Waals surface area contributed by atoms with Crippen molar-refractivity contribution in [2.75, 3.05) is 13.1 Å². The summed E-state index contributed by atoms with van der Waals surface area (Å²) in [4.78, 5) is 25.6. The van der Waals surface area contributed by atoms with Crippen LogP contribution in [0.5, 0.6) is 5.75 Å². The van der Waals surface area contributed by atoms with Gasteiger partial charge < -0.3 is 19.9 Å². The number of rotatable bonds is 5. The fraction of sp³-hybridized carbons (Fsp3) is 0.500. The minimum absolute atomic E-state index is 0.116. The Bertz CT molecular complexity index is 817. The molecule has 0 spiro atoms. The van der Waals surface area contributed by atoms with Crippen molar-refractivity contribution in [3.63, 3.8) is 0 Å². The van der Waals surface area contributed by atoms with Crippen LogP contribution in [0.4, 0.5) is 0 Å². The number of carbonyl (C=O) groups excluding carboxylic acids is 2. The number of ether oxygens (including phenoxy) is 1. The molecule has 4 rings (SSSR count). The molecule has 2 heterocycles. The van der Waals surface area contributed by atoms with Gasteiger partial charge in [0.25, 0.3) is 0 Å². The minimum Gasteiger partial charge on any atom is -0.490 e. The molecule has 1 saturated heterocycles. The SMILES string of the molecule is NC(=O)Cn1ccc2c(OC3CCN(C(=O)C4CCC4)CC3)cccc21. The Morgan fingerprint density at radius 3 is 2.54 bits per heavy atom. The largest absolute Gasteiger partial charge is 0.490 e. The number of amides is 2. The van der Waals surface area contributed by atoms with Crippen LogP contribution in [0.1, 0.15) is 32.1 Å². The third kappa shape index (κ3) is 3.28. The molecule has 0 unspecified atom stereocenters. The van der Waals surface area contributed by atoms with Gasteiger partial charge in [0, 0.05) is 43.4 Å². The predicted octanol–water partition coefficient (Wildman–Crippen LogP) is 2.30. The molecule has 2 N–H and O–H groups in total. The molecule has 2 aromatic rings. The first-order valence-corrected chi connectivity index (χ1v) is 9.43. The quantitative estimate of drug-likeness (QED) is 0.894. The van der Waals surface area contributed by atoms with Gasteiger partial charge in [-0.05, 0) is 31.0 Å². The Labute approximate surface area is 152 Å². The highest BCUT2D eigenvalue weighted by Crippen LogP contribution is 2.31. The molecule has 2 amide bonds. The van der Waals surface area contributed by atoms with Gasteiger partial charge in [-0.2, -0.15) is 0 Å². The van der Waals surface area contributed by atoms with E-state index in [1.807, 2.05) is 39.9 Å². The molecule has 1 aromatic carbocycles. The first-order valence-electron chi connectivity index (χ1n) is 9.43. The van der Waals surface area contributed by atoms with Crippen LogP contribution in [0.15, 0.2) is 30.5 Å². The number of carbonyl (C=O) groups is 2. The van der Waals surface area contributed by atoms with Gasteiger partial charge in [-0.1, -0.05) is 12.5 Å². The van der Waals surface area contributed by atoms with E-state index in [4.69, 9.17) is 10.5 Å². The Balaban J connectivity index is 1.41. The first kappa shape index (κ1) is 16.9. The number of primary amides is 1. The van der Waals surface area contributed by atoms with Gasteiger partial charge >= 0.3 is 0 Å². The van der Waals surface area contributed by atoms with Crippen LogP contribution in [0.3, 0.4) is 0 Å². The lowest BCUT2D eigenvalue weighted by atomic mass is 9.84.